The first-order chi connectivity index (χ1) is 21.0. The van der Waals surface area contributed by atoms with E-state index in [1.807, 2.05) is 20.9 Å². The lowest BCUT2D eigenvalue weighted by Gasteiger charge is -2.34. The molecular formula is C31H37F2N7O3S. The minimum atomic E-state index is -3.88. The fraction of sp³-hybridized carbons (Fsp3) is 0.419. The molecule has 44 heavy (non-hydrogen) atoms. The highest BCUT2D eigenvalue weighted by atomic mass is 32.2. The van der Waals surface area contributed by atoms with Crippen LogP contribution < -0.4 is 15.6 Å². The summed E-state index contributed by atoms with van der Waals surface area (Å²) in [6.07, 6.45) is 5.19. The van der Waals surface area contributed by atoms with E-state index in [-0.39, 0.29) is 41.5 Å². The standard InChI is InChI=1S/C31H37F2N7O3S/c1-20(2)40-29-27(18-34-31(37-29)35-23-10-12-24(13-11-23)39(3)16-15-32)36-28(30(40)41)22-9-14-26(25(33)17-22)38-44(42,43)19-21-7-5-4-6-8-21/h4-9,14,17-18,20,23-24,38H,10-13,15-16,19H2,1-3H3,(H,34,35,37)/t23-,24-. The molecule has 1 saturated carbocycles. The van der Waals surface area contributed by atoms with Crippen molar-refractivity contribution in [1.29, 1.82) is 0 Å². The summed E-state index contributed by atoms with van der Waals surface area (Å²) in [7, 11) is -1.92. The minimum absolute atomic E-state index is 0.00354. The van der Waals surface area contributed by atoms with Crippen LogP contribution in [0.3, 0.4) is 0 Å². The van der Waals surface area contributed by atoms with E-state index in [2.05, 4.69) is 29.9 Å². The fourth-order valence-electron chi connectivity index (χ4n) is 5.64. The molecule has 1 fully saturated rings. The van der Waals surface area contributed by atoms with Crippen LogP contribution in [0.2, 0.25) is 0 Å². The van der Waals surface area contributed by atoms with Crippen molar-refractivity contribution in [2.75, 3.05) is 30.3 Å². The molecule has 0 amide bonds. The Kier molecular flexibility index (Phi) is 9.54. The Morgan fingerprint density at radius 3 is 2.45 bits per heavy atom. The lowest BCUT2D eigenvalue weighted by atomic mass is 9.90. The number of halogens is 2. The van der Waals surface area contributed by atoms with E-state index in [1.54, 1.807) is 30.3 Å². The van der Waals surface area contributed by atoms with Crippen molar-refractivity contribution < 1.29 is 17.2 Å². The van der Waals surface area contributed by atoms with Gasteiger partial charge >= 0.3 is 0 Å². The Balaban J connectivity index is 1.37. The van der Waals surface area contributed by atoms with Gasteiger partial charge in [0, 0.05) is 30.2 Å². The molecule has 2 aromatic carbocycles. The van der Waals surface area contributed by atoms with E-state index < -0.39 is 21.4 Å². The van der Waals surface area contributed by atoms with Crippen LogP contribution in [-0.2, 0) is 15.8 Å². The largest absolute Gasteiger partial charge is 0.351 e. The Morgan fingerprint density at radius 1 is 1.07 bits per heavy atom. The molecule has 10 nitrogen and oxygen atoms in total. The van der Waals surface area contributed by atoms with E-state index >= 15 is 4.39 Å². The van der Waals surface area contributed by atoms with Gasteiger partial charge < -0.3 is 10.2 Å². The van der Waals surface area contributed by atoms with Crippen molar-refractivity contribution in [2.24, 2.45) is 0 Å². The molecule has 0 aliphatic heterocycles. The highest BCUT2D eigenvalue weighted by Gasteiger charge is 2.25. The van der Waals surface area contributed by atoms with E-state index in [9.17, 15) is 17.6 Å². The molecule has 0 bridgehead atoms. The van der Waals surface area contributed by atoms with Crippen molar-refractivity contribution in [3.8, 4) is 11.3 Å². The average Bonchev–Trinajstić information content (AvgIpc) is 2.98. The average molecular weight is 626 g/mol. The molecule has 0 spiro atoms. The molecular weight excluding hydrogens is 588 g/mol. The second kappa shape index (κ2) is 13.3. The van der Waals surface area contributed by atoms with Gasteiger partial charge in [-0.2, -0.15) is 4.98 Å². The third-order valence-corrected chi connectivity index (χ3v) is 9.19. The van der Waals surface area contributed by atoms with E-state index in [1.165, 1.54) is 22.9 Å². The van der Waals surface area contributed by atoms with Gasteiger partial charge in [0.05, 0.1) is 17.6 Å². The SMILES string of the molecule is CC(C)n1c(=O)c(-c2ccc(NS(=O)(=O)Cc3ccccc3)c(F)c2)nc2cnc(N[C@H]3CC[C@H](N(C)CCF)CC3)nc21. The van der Waals surface area contributed by atoms with Gasteiger partial charge in [0.1, 0.15) is 23.7 Å². The number of nitrogens with one attached hydrogen (secondary N) is 2. The molecule has 4 aromatic rings. The maximum Gasteiger partial charge on any atom is 0.278 e. The Labute approximate surface area is 255 Å². The Hall–Kier alpha value is -3.97. The van der Waals surface area contributed by atoms with Gasteiger partial charge in [0.15, 0.2) is 5.65 Å². The summed E-state index contributed by atoms with van der Waals surface area (Å²) in [4.78, 5) is 29.3. The number of anilines is 2. The molecule has 1 aliphatic carbocycles. The lowest BCUT2D eigenvalue weighted by Crippen LogP contribution is -2.39. The summed E-state index contributed by atoms with van der Waals surface area (Å²) in [6.45, 7) is 3.77. The van der Waals surface area contributed by atoms with Gasteiger partial charge in [-0.25, -0.2) is 27.2 Å². The normalized spacial score (nSPS) is 17.3. The van der Waals surface area contributed by atoms with Crippen LogP contribution >= 0.6 is 0 Å². The van der Waals surface area contributed by atoms with Crippen LogP contribution in [0.25, 0.3) is 22.4 Å². The fourth-order valence-corrected chi connectivity index (χ4v) is 6.84. The van der Waals surface area contributed by atoms with Gasteiger partial charge in [-0.15, -0.1) is 0 Å². The first-order valence-electron chi connectivity index (χ1n) is 14.7. The Morgan fingerprint density at radius 2 is 1.80 bits per heavy atom. The number of hydrogen-bond acceptors (Lipinski definition) is 8. The summed E-state index contributed by atoms with van der Waals surface area (Å²) in [5.74, 6) is -0.756. The zero-order valence-electron chi connectivity index (χ0n) is 25.0. The molecule has 0 unspecified atom stereocenters. The van der Waals surface area contributed by atoms with Crippen LogP contribution in [0.5, 0.6) is 0 Å². The van der Waals surface area contributed by atoms with Gasteiger partial charge in [0.2, 0.25) is 16.0 Å². The van der Waals surface area contributed by atoms with Crippen molar-refractivity contribution in [2.45, 2.75) is 63.4 Å². The molecule has 1 aliphatic rings. The van der Waals surface area contributed by atoms with E-state index in [0.29, 0.717) is 35.3 Å². The molecule has 0 radical (unpaired) electrons. The minimum Gasteiger partial charge on any atom is -0.351 e. The van der Waals surface area contributed by atoms with E-state index in [0.717, 1.165) is 31.7 Å². The van der Waals surface area contributed by atoms with Crippen molar-refractivity contribution in [1.82, 2.24) is 24.4 Å². The number of fused-ring (bicyclic) bond motifs is 1. The number of aromatic nitrogens is 4. The van der Waals surface area contributed by atoms with Gasteiger partial charge in [-0.3, -0.25) is 14.1 Å². The molecule has 13 heteroatoms. The zero-order valence-corrected chi connectivity index (χ0v) is 25.8. The topological polar surface area (TPSA) is 122 Å². The number of sulfonamides is 1. The van der Waals surface area contributed by atoms with Crippen LogP contribution in [0.4, 0.5) is 20.4 Å². The van der Waals surface area contributed by atoms with Gasteiger partial charge in [-0.05, 0) is 64.3 Å². The number of alkyl halides is 1. The predicted octanol–water partition coefficient (Wildman–Crippen LogP) is 5.14. The van der Waals surface area contributed by atoms with Gasteiger partial charge in [0.25, 0.3) is 5.56 Å². The van der Waals surface area contributed by atoms with Crippen molar-refractivity contribution in [3.63, 3.8) is 0 Å². The summed E-state index contributed by atoms with van der Waals surface area (Å²) in [5, 5.41) is 3.38. The van der Waals surface area contributed by atoms with Crippen molar-refractivity contribution >= 4 is 32.8 Å². The second-order valence-electron chi connectivity index (χ2n) is 11.5. The van der Waals surface area contributed by atoms with Crippen LogP contribution in [0.1, 0.15) is 51.1 Å². The highest BCUT2D eigenvalue weighted by Crippen LogP contribution is 2.27. The maximum absolute atomic E-state index is 15.2. The van der Waals surface area contributed by atoms with Crippen LogP contribution in [0, 0.1) is 5.82 Å². The second-order valence-corrected chi connectivity index (χ2v) is 13.2. The van der Waals surface area contributed by atoms with Crippen LogP contribution in [-0.4, -0.2) is 65.2 Å². The number of benzene rings is 2. The monoisotopic (exact) mass is 625 g/mol. The lowest BCUT2D eigenvalue weighted by molar-refractivity contribution is 0.174. The molecule has 2 heterocycles. The third-order valence-electron chi connectivity index (χ3n) is 7.95. The summed E-state index contributed by atoms with van der Waals surface area (Å²) in [6, 6.07) is 12.6. The van der Waals surface area contributed by atoms with Crippen LogP contribution in [0.15, 0.2) is 59.5 Å². The zero-order chi connectivity index (χ0) is 31.4. The molecule has 2 N–H and O–H groups in total. The first-order valence-corrected chi connectivity index (χ1v) is 16.4. The van der Waals surface area contributed by atoms with E-state index in [4.69, 9.17) is 0 Å². The summed E-state index contributed by atoms with van der Waals surface area (Å²) < 4.78 is 57.0. The quantitative estimate of drug-likeness (QED) is 0.235. The molecule has 2 aromatic heterocycles. The smallest absolute Gasteiger partial charge is 0.278 e. The first kappa shape index (κ1) is 31.5. The number of hydrogen-bond donors (Lipinski definition) is 2. The molecule has 234 valence electrons. The van der Waals surface area contributed by atoms with Crippen molar-refractivity contribution in [3.05, 3.63) is 76.5 Å². The highest BCUT2D eigenvalue weighted by molar-refractivity contribution is 7.91. The maximum atomic E-state index is 15.2. The summed E-state index contributed by atoms with van der Waals surface area (Å²) in [5.41, 5.74) is 0.812. The number of nitrogens with zero attached hydrogens (tertiary/aromatic N) is 5. The van der Waals surface area contributed by atoms with Gasteiger partial charge in [-0.1, -0.05) is 36.4 Å². The predicted molar refractivity (Wildman–Crippen MR) is 168 cm³/mol. The number of rotatable bonds is 11. The molecule has 0 saturated heterocycles. The summed E-state index contributed by atoms with van der Waals surface area (Å²) >= 11 is 0. The third kappa shape index (κ3) is 7.21. The Bertz CT molecular complexity index is 1780. The molecule has 0 atom stereocenters. The molecule has 5 rings (SSSR count).